The zero-order valence-electron chi connectivity index (χ0n) is 15.0. The molecule has 1 fully saturated rings. The van der Waals surface area contributed by atoms with Gasteiger partial charge in [0.25, 0.3) is 5.91 Å². The van der Waals surface area contributed by atoms with Gasteiger partial charge in [0, 0.05) is 4.88 Å². The molecule has 4 amide bonds. The lowest BCUT2D eigenvalue weighted by Crippen LogP contribution is -2.46. The van der Waals surface area contributed by atoms with Crippen molar-refractivity contribution < 1.29 is 19.2 Å². The van der Waals surface area contributed by atoms with E-state index in [9.17, 15) is 19.2 Å². The van der Waals surface area contributed by atoms with Gasteiger partial charge in [-0.2, -0.15) is 0 Å². The van der Waals surface area contributed by atoms with Crippen molar-refractivity contribution in [1.29, 1.82) is 0 Å². The molecule has 3 atom stereocenters. The fraction of sp³-hybridized carbons (Fsp3) is 0.474. The molecule has 0 saturated carbocycles. The van der Waals surface area contributed by atoms with Crippen molar-refractivity contribution in [3.05, 3.63) is 28.2 Å². The standard InChI is InChI=1S/C19H21N3O4S/c1-9(22-18(25)10-5-2-3-6-11(10)19(22)26)16(24)21-17-14(15(20)23)12-7-4-8-13(12)27-17/h2-3,9-11H,4-8H2,1H3,(H2,20,23)(H,21,24)/t9-,10-,11-/m0/s1. The lowest BCUT2D eigenvalue weighted by molar-refractivity contribution is -0.146. The number of carbonyl (C=O) groups is 4. The topological polar surface area (TPSA) is 110 Å². The molecule has 3 aliphatic rings. The Hall–Kier alpha value is -2.48. The van der Waals surface area contributed by atoms with Crippen molar-refractivity contribution in [2.45, 2.75) is 45.1 Å². The van der Waals surface area contributed by atoms with E-state index < -0.39 is 17.9 Å². The lowest BCUT2D eigenvalue weighted by Gasteiger charge is -2.22. The number of hydrogen-bond donors (Lipinski definition) is 2. The summed E-state index contributed by atoms with van der Waals surface area (Å²) in [6.45, 7) is 1.54. The van der Waals surface area contributed by atoms with Gasteiger partial charge in [-0.15, -0.1) is 11.3 Å². The highest BCUT2D eigenvalue weighted by atomic mass is 32.1. The molecule has 4 rings (SSSR count). The predicted octanol–water partition coefficient (Wildman–Crippen LogP) is 1.61. The van der Waals surface area contributed by atoms with Crippen LogP contribution in [-0.4, -0.2) is 34.6 Å². The number of aryl methyl sites for hydroxylation is 1. The monoisotopic (exact) mass is 387 g/mol. The van der Waals surface area contributed by atoms with E-state index in [1.165, 1.54) is 11.3 Å². The first-order valence-corrected chi connectivity index (χ1v) is 9.99. The van der Waals surface area contributed by atoms with Crippen LogP contribution < -0.4 is 11.1 Å². The normalized spacial score (nSPS) is 24.7. The van der Waals surface area contributed by atoms with Gasteiger partial charge in [-0.05, 0) is 44.6 Å². The Morgan fingerprint density at radius 2 is 1.81 bits per heavy atom. The van der Waals surface area contributed by atoms with Gasteiger partial charge >= 0.3 is 0 Å². The van der Waals surface area contributed by atoms with Gasteiger partial charge in [0.1, 0.15) is 11.0 Å². The molecule has 7 nitrogen and oxygen atoms in total. The van der Waals surface area contributed by atoms with Crippen LogP contribution in [0.25, 0.3) is 0 Å². The summed E-state index contributed by atoms with van der Waals surface area (Å²) < 4.78 is 0. The van der Waals surface area contributed by atoms with Crippen LogP contribution in [-0.2, 0) is 27.2 Å². The molecule has 0 unspecified atom stereocenters. The summed E-state index contributed by atoms with van der Waals surface area (Å²) in [6, 6.07) is -0.937. The van der Waals surface area contributed by atoms with Gasteiger partial charge in [-0.3, -0.25) is 24.1 Å². The average molecular weight is 387 g/mol. The van der Waals surface area contributed by atoms with Crippen LogP contribution in [0.4, 0.5) is 5.00 Å². The molecule has 0 aromatic carbocycles. The van der Waals surface area contributed by atoms with Gasteiger partial charge in [0.05, 0.1) is 17.4 Å². The van der Waals surface area contributed by atoms with Crippen molar-refractivity contribution in [1.82, 2.24) is 4.90 Å². The molecule has 0 radical (unpaired) electrons. The molecule has 0 bridgehead atoms. The molecule has 1 aliphatic heterocycles. The molecule has 3 N–H and O–H groups in total. The van der Waals surface area contributed by atoms with Crippen LogP contribution in [0.2, 0.25) is 0 Å². The molecular weight excluding hydrogens is 366 g/mol. The smallest absolute Gasteiger partial charge is 0.251 e. The van der Waals surface area contributed by atoms with E-state index in [1.54, 1.807) is 6.92 Å². The number of primary amides is 1. The molecule has 142 valence electrons. The Kier molecular flexibility index (Phi) is 4.38. The highest BCUT2D eigenvalue weighted by Gasteiger charge is 2.50. The number of thiophene rings is 1. The van der Waals surface area contributed by atoms with E-state index in [1.807, 2.05) is 12.2 Å². The van der Waals surface area contributed by atoms with Crippen molar-refractivity contribution >= 4 is 40.0 Å². The van der Waals surface area contributed by atoms with Crippen molar-refractivity contribution in [2.75, 3.05) is 5.32 Å². The first kappa shape index (κ1) is 17.9. The molecule has 2 aliphatic carbocycles. The van der Waals surface area contributed by atoms with Crippen molar-refractivity contribution in [2.24, 2.45) is 17.6 Å². The third-order valence-electron chi connectivity index (χ3n) is 5.71. The second-order valence-corrected chi connectivity index (χ2v) is 8.40. The van der Waals surface area contributed by atoms with Gasteiger partial charge < -0.3 is 11.1 Å². The Morgan fingerprint density at radius 1 is 1.19 bits per heavy atom. The number of carbonyl (C=O) groups excluding carboxylic acids is 4. The molecule has 8 heteroatoms. The maximum atomic E-state index is 12.8. The van der Waals surface area contributed by atoms with E-state index in [-0.39, 0.29) is 23.7 Å². The number of nitrogens with one attached hydrogen (secondary N) is 1. The van der Waals surface area contributed by atoms with Crippen LogP contribution in [0, 0.1) is 11.8 Å². The summed E-state index contributed by atoms with van der Waals surface area (Å²) in [5.41, 5.74) is 6.80. The van der Waals surface area contributed by atoms with E-state index in [4.69, 9.17) is 5.73 Å². The van der Waals surface area contributed by atoms with Gasteiger partial charge in [-0.1, -0.05) is 12.2 Å². The Morgan fingerprint density at radius 3 is 2.41 bits per heavy atom. The first-order chi connectivity index (χ1) is 12.9. The number of imide groups is 1. The lowest BCUT2D eigenvalue weighted by atomic mass is 9.85. The van der Waals surface area contributed by atoms with Gasteiger partial charge in [0.2, 0.25) is 17.7 Å². The Bertz CT molecular complexity index is 862. The van der Waals surface area contributed by atoms with Crippen LogP contribution in [0.5, 0.6) is 0 Å². The SMILES string of the molecule is C[C@@H](C(=O)Nc1sc2c(c1C(N)=O)CCC2)N1C(=O)[C@H]2CC=CC[C@@H]2C1=O. The second kappa shape index (κ2) is 6.60. The maximum Gasteiger partial charge on any atom is 0.251 e. The molecule has 27 heavy (non-hydrogen) atoms. The zero-order chi connectivity index (χ0) is 19.3. The summed E-state index contributed by atoms with van der Waals surface area (Å²) in [4.78, 5) is 52.1. The number of allylic oxidation sites excluding steroid dienone is 2. The summed E-state index contributed by atoms with van der Waals surface area (Å²) in [6.07, 6.45) is 7.49. The first-order valence-electron chi connectivity index (χ1n) is 9.17. The summed E-state index contributed by atoms with van der Waals surface area (Å²) in [7, 11) is 0. The summed E-state index contributed by atoms with van der Waals surface area (Å²) in [5.74, 6) is -2.37. The Labute approximate surface area is 160 Å². The molecule has 1 aromatic heterocycles. The largest absolute Gasteiger partial charge is 0.365 e. The minimum absolute atomic E-state index is 0.291. The highest BCUT2D eigenvalue weighted by Crippen LogP contribution is 2.40. The van der Waals surface area contributed by atoms with Crippen LogP contribution >= 0.6 is 11.3 Å². The number of fused-ring (bicyclic) bond motifs is 2. The molecule has 2 heterocycles. The summed E-state index contributed by atoms with van der Waals surface area (Å²) in [5, 5.41) is 3.16. The van der Waals surface area contributed by atoms with Crippen LogP contribution in [0.1, 0.15) is 47.0 Å². The number of nitrogens with two attached hydrogens (primary N) is 1. The quantitative estimate of drug-likeness (QED) is 0.604. The predicted molar refractivity (Wildman–Crippen MR) is 100 cm³/mol. The molecule has 1 saturated heterocycles. The maximum absolute atomic E-state index is 12.8. The fourth-order valence-electron chi connectivity index (χ4n) is 4.29. The van der Waals surface area contributed by atoms with E-state index in [0.717, 1.165) is 34.6 Å². The van der Waals surface area contributed by atoms with E-state index >= 15 is 0 Å². The third kappa shape index (κ3) is 2.79. The molecular formula is C19H21N3O4S. The number of anilines is 1. The minimum atomic E-state index is -0.937. The third-order valence-corrected chi connectivity index (χ3v) is 6.92. The second-order valence-electron chi connectivity index (χ2n) is 7.29. The molecule has 0 spiro atoms. The number of likely N-dealkylation sites (tertiary alicyclic amines) is 1. The molecule has 1 aromatic rings. The average Bonchev–Trinajstić information content (AvgIpc) is 3.27. The highest BCUT2D eigenvalue weighted by molar-refractivity contribution is 7.17. The number of nitrogens with zero attached hydrogens (tertiary/aromatic N) is 1. The van der Waals surface area contributed by atoms with E-state index in [2.05, 4.69) is 5.32 Å². The van der Waals surface area contributed by atoms with Crippen LogP contribution in [0.3, 0.4) is 0 Å². The zero-order valence-corrected chi connectivity index (χ0v) is 15.8. The van der Waals surface area contributed by atoms with Crippen molar-refractivity contribution in [3.8, 4) is 0 Å². The van der Waals surface area contributed by atoms with Crippen LogP contribution in [0.15, 0.2) is 12.2 Å². The van der Waals surface area contributed by atoms with E-state index in [0.29, 0.717) is 23.4 Å². The fourth-order valence-corrected chi connectivity index (χ4v) is 5.59. The number of rotatable bonds is 4. The minimum Gasteiger partial charge on any atom is -0.365 e. The number of amides is 4. The van der Waals surface area contributed by atoms with Gasteiger partial charge in [-0.25, -0.2) is 0 Å². The Balaban J connectivity index is 1.55. The summed E-state index contributed by atoms with van der Waals surface area (Å²) >= 11 is 1.36. The van der Waals surface area contributed by atoms with Gasteiger partial charge in [0.15, 0.2) is 0 Å². The van der Waals surface area contributed by atoms with Crippen molar-refractivity contribution in [3.63, 3.8) is 0 Å². The number of hydrogen-bond acceptors (Lipinski definition) is 5.